The zero-order chi connectivity index (χ0) is 22.6. The van der Waals surface area contributed by atoms with Gasteiger partial charge in [-0.2, -0.15) is 0 Å². The molecule has 1 aliphatic heterocycles. The summed E-state index contributed by atoms with van der Waals surface area (Å²) < 4.78 is 7.78. The van der Waals surface area contributed by atoms with E-state index in [9.17, 15) is 9.59 Å². The van der Waals surface area contributed by atoms with Gasteiger partial charge in [-0.25, -0.2) is 0 Å². The van der Waals surface area contributed by atoms with Gasteiger partial charge in [0.1, 0.15) is 12.4 Å². The number of aromatic nitrogens is 1. The van der Waals surface area contributed by atoms with Gasteiger partial charge >= 0.3 is 0 Å². The standard InChI is InChI=1S/C28H24N2O3/c31-27(21-9-5-2-6-10-21)26-16-15-25-24(17-18-30(25)26)28(32)29-22-11-13-23(14-12-22)33-19-20-7-3-1-4-8-20/h1-16,24H,17-19H2,(H,29,32). The number of benzene rings is 3. The first-order valence-electron chi connectivity index (χ1n) is 11.1. The molecule has 1 atom stereocenters. The fraction of sp³-hybridized carbons (Fsp3) is 0.143. The van der Waals surface area contributed by atoms with Crippen molar-refractivity contribution in [2.24, 2.45) is 0 Å². The second-order valence-corrected chi connectivity index (χ2v) is 8.12. The summed E-state index contributed by atoms with van der Waals surface area (Å²) in [4.78, 5) is 25.9. The average molecular weight is 437 g/mol. The number of rotatable bonds is 7. The minimum atomic E-state index is -0.281. The molecule has 0 aliphatic carbocycles. The molecule has 164 valence electrons. The van der Waals surface area contributed by atoms with Crippen LogP contribution in [0, 0.1) is 0 Å². The van der Waals surface area contributed by atoms with Gasteiger partial charge in [-0.3, -0.25) is 9.59 Å². The van der Waals surface area contributed by atoms with Gasteiger partial charge in [-0.15, -0.1) is 0 Å². The highest BCUT2D eigenvalue weighted by molar-refractivity contribution is 6.08. The Morgan fingerprint density at radius 1 is 0.848 bits per heavy atom. The number of carbonyl (C=O) groups is 2. The number of amides is 1. The Bertz CT molecular complexity index is 1260. The van der Waals surface area contributed by atoms with Crippen molar-refractivity contribution in [3.63, 3.8) is 0 Å². The summed E-state index contributed by atoms with van der Waals surface area (Å²) in [6.07, 6.45) is 0.676. The summed E-state index contributed by atoms with van der Waals surface area (Å²) in [5, 5.41) is 3.00. The first-order valence-corrected chi connectivity index (χ1v) is 11.1. The van der Waals surface area contributed by atoms with Crippen LogP contribution in [0.5, 0.6) is 5.75 Å². The lowest BCUT2D eigenvalue weighted by Gasteiger charge is -2.12. The Labute approximate surface area is 192 Å². The molecular formula is C28H24N2O3. The van der Waals surface area contributed by atoms with Gasteiger partial charge in [0.05, 0.1) is 11.6 Å². The van der Waals surface area contributed by atoms with Crippen LogP contribution in [0.15, 0.2) is 97.1 Å². The molecule has 1 unspecified atom stereocenters. The van der Waals surface area contributed by atoms with E-state index in [0.29, 0.717) is 30.8 Å². The highest BCUT2D eigenvalue weighted by atomic mass is 16.5. The first kappa shape index (κ1) is 20.8. The molecule has 4 aromatic rings. The summed E-state index contributed by atoms with van der Waals surface area (Å²) in [7, 11) is 0. The zero-order valence-electron chi connectivity index (χ0n) is 18.1. The van der Waals surface area contributed by atoms with Gasteiger partial charge in [-0.1, -0.05) is 60.7 Å². The molecule has 1 aromatic heterocycles. The van der Waals surface area contributed by atoms with Crippen LogP contribution in [-0.4, -0.2) is 16.3 Å². The van der Waals surface area contributed by atoms with E-state index < -0.39 is 0 Å². The van der Waals surface area contributed by atoms with Crippen LogP contribution in [0.4, 0.5) is 5.69 Å². The van der Waals surface area contributed by atoms with Gasteiger partial charge in [0.2, 0.25) is 11.7 Å². The minimum Gasteiger partial charge on any atom is -0.489 e. The molecule has 0 saturated carbocycles. The maximum Gasteiger partial charge on any atom is 0.233 e. The van der Waals surface area contributed by atoms with Gasteiger partial charge in [0.25, 0.3) is 0 Å². The molecule has 1 N–H and O–H groups in total. The van der Waals surface area contributed by atoms with Crippen molar-refractivity contribution in [2.75, 3.05) is 5.32 Å². The van der Waals surface area contributed by atoms with Crippen molar-refractivity contribution in [3.05, 3.63) is 120 Å². The molecular weight excluding hydrogens is 412 g/mol. The number of nitrogens with zero attached hydrogens (tertiary/aromatic N) is 1. The highest BCUT2D eigenvalue weighted by Crippen LogP contribution is 2.32. The molecule has 0 fully saturated rings. The SMILES string of the molecule is O=C(c1ccccc1)c1ccc2n1CCC2C(=O)Nc1ccc(OCc2ccccc2)cc1. The second-order valence-electron chi connectivity index (χ2n) is 8.12. The topological polar surface area (TPSA) is 60.3 Å². The fourth-order valence-corrected chi connectivity index (χ4v) is 4.25. The van der Waals surface area contributed by atoms with Gasteiger partial charge < -0.3 is 14.6 Å². The number of ether oxygens (including phenoxy) is 1. The van der Waals surface area contributed by atoms with Crippen molar-refractivity contribution in [3.8, 4) is 5.75 Å². The molecule has 3 aromatic carbocycles. The van der Waals surface area contributed by atoms with Gasteiger partial charge in [-0.05, 0) is 48.4 Å². The lowest BCUT2D eigenvalue weighted by Crippen LogP contribution is -2.19. The van der Waals surface area contributed by atoms with Crippen molar-refractivity contribution < 1.29 is 14.3 Å². The van der Waals surface area contributed by atoms with Crippen molar-refractivity contribution in [1.29, 1.82) is 0 Å². The quantitative estimate of drug-likeness (QED) is 0.393. The van der Waals surface area contributed by atoms with Crippen LogP contribution in [-0.2, 0) is 17.9 Å². The van der Waals surface area contributed by atoms with E-state index in [0.717, 1.165) is 22.7 Å². The molecule has 0 saturated heterocycles. The summed E-state index contributed by atoms with van der Waals surface area (Å²) >= 11 is 0. The van der Waals surface area contributed by atoms with E-state index in [1.165, 1.54) is 0 Å². The third-order valence-corrected chi connectivity index (χ3v) is 5.97. The Hall–Kier alpha value is -4.12. The van der Waals surface area contributed by atoms with E-state index in [1.54, 1.807) is 0 Å². The summed E-state index contributed by atoms with van der Waals surface area (Å²) in [6, 6.07) is 30.3. The van der Waals surface area contributed by atoms with Crippen LogP contribution in [0.25, 0.3) is 0 Å². The van der Waals surface area contributed by atoms with Crippen LogP contribution in [0.3, 0.4) is 0 Å². The normalized spacial score (nSPS) is 14.5. The number of hydrogen-bond acceptors (Lipinski definition) is 3. The lowest BCUT2D eigenvalue weighted by atomic mass is 10.0. The van der Waals surface area contributed by atoms with Gasteiger partial charge in [0, 0.05) is 23.5 Å². The third-order valence-electron chi connectivity index (χ3n) is 5.97. The summed E-state index contributed by atoms with van der Waals surface area (Å²) in [6.45, 7) is 1.15. The number of fused-ring (bicyclic) bond motifs is 1. The predicted molar refractivity (Wildman–Crippen MR) is 128 cm³/mol. The van der Waals surface area contributed by atoms with E-state index in [2.05, 4.69) is 5.32 Å². The largest absolute Gasteiger partial charge is 0.489 e. The predicted octanol–water partition coefficient (Wildman–Crippen LogP) is 5.42. The van der Waals surface area contributed by atoms with E-state index in [-0.39, 0.29) is 17.6 Å². The minimum absolute atomic E-state index is 0.0194. The Morgan fingerprint density at radius 3 is 2.27 bits per heavy atom. The van der Waals surface area contributed by atoms with Crippen molar-refractivity contribution in [2.45, 2.75) is 25.5 Å². The van der Waals surface area contributed by atoms with Crippen molar-refractivity contribution >= 4 is 17.4 Å². The van der Waals surface area contributed by atoms with Gasteiger partial charge in [0.15, 0.2) is 0 Å². The maximum absolute atomic E-state index is 13.0. The smallest absolute Gasteiger partial charge is 0.233 e. The number of nitrogens with one attached hydrogen (secondary N) is 1. The highest BCUT2D eigenvalue weighted by Gasteiger charge is 2.32. The zero-order valence-corrected chi connectivity index (χ0v) is 18.1. The molecule has 5 rings (SSSR count). The monoisotopic (exact) mass is 436 g/mol. The Kier molecular flexibility index (Phi) is 5.77. The van der Waals surface area contributed by atoms with Crippen LogP contribution in [0.2, 0.25) is 0 Å². The van der Waals surface area contributed by atoms with E-state index >= 15 is 0 Å². The molecule has 1 amide bonds. The molecule has 0 bridgehead atoms. The average Bonchev–Trinajstić information content (AvgIpc) is 3.47. The molecule has 5 heteroatoms. The number of anilines is 1. The summed E-state index contributed by atoms with van der Waals surface area (Å²) in [5.74, 6) is 0.379. The molecule has 0 spiro atoms. The van der Waals surface area contributed by atoms with Crippen LogP contribution >= 0.6 is 0 Å². The first-order chi connectivity index (χ1) is 16.2. The van der Waals surface area contributed by atoms with Crippen LogP contribution < -0.4 is 10.1 Å². The fourth-order valence-electron chi connectivity index (χ4n) is 4.25. The molecule has 33 heavy (non-hydrogen) atoms. The molecule has 2 heterocycles. The Balaban J connectivity index is 1.23. The number of ketones is 1. The molecule has 1 aliphatic rings. The van der Waals surface area contributed by atoms with E-state index in [4.69, 9.17) is 4.74 Å². The second kappa shape index (κ2) is 9.17. The number of carbonyl (C=O) groups excluding carboxylic acids is 2. The number of hydrogen-bond donors (Lipinski definition) is 1. The third kappa shape index (κ3) is 4.44. The Morgan fingerprint density at radius 2 is 1.55 bits per heavy atom. The van der Waals surface area contributed by atoms with Crippen LogP contribution in [0.1, 0.15) is 39.6 Å². The molecule has 0 radical (unpaired) electrons. The summed E-state index contributed by atoms with van der Waals surface area (Å²) in [5.41, 5.74) is 3.99. The van der Waals surface area contributed by atoms with E-state index in [1.807, 2.05) is 102 Å². The molecule has 5 nitrogen and oxygen atoms in total. The maximum atomic E-state index is 13.0. The lowest BCUT2D eigenvalue weighted by molar-refractivity contribution is -0.117. The van der Waals surface area contributed by atoms with Crippen molar-refractivity contribution in [1.82, 2.24) is 4.57 Å².